The van der Waals surface area contributed by atoms with E-state index in [-0.39, 0.29) is 12.6 Å². The number of aliphatic carboxylic acids is 1. The Morgan fingerprint density at radius 1 is 1.35 bits per heavy atom. The van der Waals surface area contributed by atoms with Gasteiger partial charge in [0, 0.05) is 0 Å². The minimum Gasteiger partial charge on any atom is -0.481 e. The molecule has 2 N–H and O–H groups in total. The highest BCUT2D eigenvalue weighted by atomic mass is 16.5. The summed E-state index contributed by atoms with van der Waals surface area (Å²) < 4.78 is 4.90. The van der Waals surface area contributed by atoms with Gasteiger partial charge in [-0.2, -0.15) is 0 Å². The monoisotopic (exact) mass is 275 g/mol. The van der Waals surface area contributed by atoms with Crippen LogP contribution >= 0.6 is 0 Å². The molecule has 1 aromatic carbocycles. The van der Waals surface area contributed by atoms with E-state index >= 15 is 0 Å². The standard InChI is InChI=1S/C15H17NO4/c1-2-9-20-15(19)16-13-8-7-12(14(17)18)10-5-3-4-6-11(10)13/h2-6,12-13H,1,7-9H2,(H,16,19)(H,17,18). The number of amides is 1. The van der Waals surface area contributed by atoms with Crippen LogP contribution in [0.2, 0.25) is 0 Å². The second-order valence-corrected chi connectivity index (χ2v) is 4.68. The number of nitrogens with one attached hydrogen (secondary N) is 1. The Morgan fingerprint density at radius 3 is 2.70 bits per heavy atom. The molecule has 5 nitrogen and oxygen atoms in total. The third-order valence-corrected chi connectivity index (χ3v) is 3.41. The van der Waals surface area contributed by atoms with E-state index in [9.17, 15) is 14.7 Å². The van der Waals surface area contributed by atoms with Gasteiger partial charge >= 0.3 is 12.1 Å². The molecule has 0 aliphatic heterocycles. The summed E-state index contributed by atoms with van der Waals surface area (Å²) in [5.41, 5.74) is 1.61. The fraction of sp³-hybridized carbons (Fsp3) is 0.333. The summed E-state index contributed by atoms with van der Waals surface area (Å²) in [6.45, 7) is 3.63. The number of alkyl carbamates (subject to hydrolysis) is 1. The molecule has 0 saturated carbocycles. The van der Waals surface area contributed by atoms with Crippen molar-refractivity contribution in [2.24, 2.45) is 0 Å². The van der Waals surface area contributed by atoms with Crippen molar-refractivity contribution in [2.45, 2.75) is 24.8 Å². The normalized spacial score (nSPS) is 20.6. The van der Waals surface area contributed by atoms with Gasteiger partial charge < -0.3 is 15.2 Å². The fourth-order valence-electron chi connectivity index (χ4n) is 2.51. The summed E-state index contributed by atoms with van der Waals surface area (Å²) in [6, 6.07) is 7.10. The van der Waals surface area contributed by atoms with Crippen LogP contribution in [-0.2, 0) is 9.53 Å². The van der Waals surface area contributed by atoms with Gasteiger partial charge in [-0.3, -0.25) is 4.79 Å². The van der Waals surface area contributed by atoms with Gasteiger partial charge in [-0.1, -0.05) is 36.9 Å². The number of ether oxygens (including phenoxy) is 1. The van der Waals surface area contributed by atoms with Crippen LogP contribution in [0.25, 0.3) is 0 Å². The Morgan fingerprint density at radius 2 is 2.05 bits per heavy atom. The zero-order chi connectivity index (χ0) is 14.5. The minimum atomic E-state index is -0.829. The number of fused-ring (bicyclic) bond motifs is 1. The van der Waals surface area contributed by atoms with Crippen molar-refractivity contribution in [1.82, 2.24) is 5.32 Å². The maximum atomic E-state index is 11.6. The molecule has 2 rings (SSSR count). The Labute approximate surface area is 117 Å². The number of carbonyl (C=O) groups excluding carboxylic acids is 1. The highest BCUT2D eigenvalue weighted by Gasteiger charge is 2.31. The van der Waals surface area contributed by atoms with E-state index < -0.39 is 18.0 Å². The number of hydrogen-bond acceptors (Lipinski definition) is 3. The summed E-state index contributed by atoms with van der Waals surface area (Å²) in [6.07, 6.45) is 2.06. The Bertz CT molecular complexity index is 526. The van der Waals surface area contributed by atoms with Gasteiger partial charge in [0.1, 0.15) is 6.61 Å². The van der Waals surface area contributed by atoms with Gasteiger partial charge in [-0.25, -0.2) is 4.79 Å². The SMILES string of the molecule is C=CCOC(=O)NC1CCC(C(=O)O)c2ccccc21. The molecule has 1 amide bonds. The van der Waals surface area contributed by atoms with E-state index in [1.54, 1.807) is 6.07 Å². The minimum absolute atomic E-state index is 0.151. The Kier molecular flexibility index (Phi) is 4.40. The van der Waals surface area contributed by atoms with Crippen molar-refractivity contribution in [2.75, 3.05) is 6.61 Å². The van der Waals surface area contributed by atoms with Gasteiger partial charge in [-0.15, -0.1) is 0 Å². The zero-order valence-electron chi connectivity index (χ0n) is 11.0. The fourth-order valence-corrected chi connectivity index (χ4v) is 2.51. The van der Waals surface area contributed by atoms with Crippen LogP contribution < -0.4 is 5.32 Å². The van der Waals surface area contributed by atoms with E-state index in [4.69, 9.17) is 4.74 Å². The van der Waals surface area contributed by atoms with Crippen molar-refractivity contribution in [3.63, 3.8) is 0 Å². The average molecular weight is 275 g/mol. The number of benzene rings is 1. The third-order valence-electron chi connectivity index (χ3n) is 3.41. The first-order chi connectivity index (χ1) is 9.63. The summed E-state index contributed by atoms with van der Waals surface area (Å²) in [4.78, 5) is 22.9. The smallest absolute Gasteiger partial charge is 0.407 e. The highest BCUT2D eigenvalue weighted by molar-refractivity contribution is 5.77. The van der Waals surface area contributed by atoms with E-state index in [1.165, 1.54) is 6.08 Å². The van der Waals surface area contributed by atoms with E-state index in [0.717, 1.165) is 11.1 Å². The Hall–Kier alpha value is -2.30. The molecule has 0 aromatic heterocycles. The van der Waals surface area contributed by atoms with Crippen LogP contribution in [0.3, 0.4) is 0 Å². The van der Waals surface area contributed by atoms with Gasteiger partial charge in [-0.05, 0) is 24.0 Å². The quantitative estimate of drug-likeness (QED) is 0.828. The van der Waals surface area contributed by atoms with Crippen LogP contribution in [0.1, 0.15) is 35.9 Å². The number of hydrogen-bond donors (Lipinski definition) is 2. The molecular weight excluding hydrogens is 258 g/mol. The predicted molar refractivity (Wildman–Crippen MR) is 73.5 cm³/mol. The van der Waals surface area contributed by atoms with Crippen LogP contribution in [0.15, 0.2) is 36.9 Å². The molecule has 0 spiro atoms. The van der Waals surface area contributed by atoms with Crippen molar-refractivity contribution < 1.29 is 19.4 Å². The molecule has 20 heavy (non-hydrogen) atoms. The summed E-state index contributed by atoms with van der Waals surface area (Å²) in [5, 5.41) is 12.0. The highest BCUT2D eigenvalue weighted by Crippen LogP contribution is 2.37. The molecule has 1 aliphatic carbocycles. The second-order valence-electron chi connectivity index (χ2n) is 4.68. The molecule has 0 heterocycles. The Balaban J connectivity index is 2.17. The lowest BCUT2D eigenvalue weighted by Gasteiger charge is -2.29. The van der Waals surface area contributed by atoms with Crippen LogP contribution in [0.5, 0.6) is 0 Å². The lowest BCUT2D eigenvalue weighted by molar-refractivity contribution is -0.139. The summed E-state index contributed by atoms with van der Waals surface area (Å²) >= 11 is 0. The predicted octanol–water partition coefficient (Wildman–Crippen LogP) is 2.60. The molecule has 106 valence electrons. The lowest BCUT2D eigenvalue weighted by atomic mass is 9.80. The first-order valence-electron chi connectivity index (χ1n) is 6.49. The summed E-state index contributed by atoms with van der Waals surface area (Å²) in [7, 11) is 0. The molecule has 2 unspecified atom stereocenters. The van der Waals surface area contributed by atoms with Gasteiger partial charge in [0.15, 0.2) is 0 Å². The molecule has 2 atom stereocenters. The molecule has 0 radical (unpaired) electrons. The zero-order valence-corrected chi connectivity index (χ0v) is 11.0. The first kappa shape index (κ1) is 14.1. The largest absolute Gasteiger partial charge is 0.481 e. The molecule has 0 fully saturated rings. The topological polar surface area (TPSA) is 75.6 Å². The lowest BCUT2D eigenvalue weighted by Crippen LogP contribution is -2.33. The molecular formula is C15H17NO4. The van der Waals surface area contributed by atoms with Crippen LogP contribution in [0.4, 0.5) is 4.79 Å². The van der Waals surface area contributed by atoms with E-state index in [0.29, 0.717) is 12.8 Å². The van der Waals surface area contributed by atoms with E-state index in [1.807, 2.05) is 18.2 Å². The van der Waals surface area contributed by atoms with Gasteiger partial charge in [0.25, 0.3) is 0 Å². The van der Waals surface area contributed by atoms with Crippen molar-refractivity contribution in [1.29, 1.82) is 0 Å². The van der Waals surface area contributed by atoms with Crippen LogP contribution in [0, 0.1) is 0 Å². The summed E-state index contributed by atoms with van der Waals surface area (Å²) in [5.74, 6) is -1.33. The molecule has 0 saturated heterocycles. The molecule has 1 aromatic rings. The van der Waals surface area contributed by atoms with Crippen molar-refractivity contribution >= 4 is 12.1 Å². The van der Waals surface area contributed by atoms with Gasteiger partial charge in [0.2, 0.25) is 0 Å². The molecule has 0 bridgehead atoms. The van der Waals surface area contributed by atoms with Crippen LogP contribution in [-0.4, -0.2) is 23.8 Å². The average Bonchev–Trinajstić information content (AvgIpc) is 2.45. The van der Waals surface area contributed by atoms with Crippen molar-refractivity contribution in [3.05, 3.63) is 48.0 Å². The number of carbonyl (C=O) groups is 2. The molecule has 1 aliphatic rings. The maximum Gasteiger partial charge on any atom is 0.407 e. The number of rotatable bonds is 4. The molecule has 5 heteroatoms. The third kappa shape index (κ3) is 2.99. The van der Waals surface area contributed by atoms with Crippen molar-refractivity contribution in [3.8, 4) is 0 Å². The number of carboxylic acid groups (broad SMARTS) is 1. The second kappa shape index (κ2) is 6.23. The first-order valence-corrected chi connectivity index (χ1v) is 6.49. The van der Waals surface area contributed by atoms with Gasteiger partial charge in [0.05, 0.1) is 12.0 Å². The van der Waals surface area contributed by atoms with E-state index in [2.05, 4.69) is 11.9 Å². The maximum absolute atomic E-state index is 11.6. The number of carboxylic acids is 1.